The summed E-state index contributed by atoms with van der Waals surface area (Å²) >= 11 is 0. The Morgan fingerprint density at radius 2 is 1.11 bits per heavy atom. The van der Waals surface area contributed by atoms with Crippen LogP contribution in [0.4, 0.5) is 11.4 Å². The summed E-state index contributed by atoms with van der Waals surface area (Å²) in [5, 5.41) is 10.5. The molecule has 0 aromatic heterocycles. The zero-order valence-corrected chi connectivity index (χ0v) is 23.0. The van der Waals surface area contributed by atoms with E-state index in [4.69, 9.17) is 4.74 Å². The van der Waals surface area contributed by atoms with Crippen LogP contribution in [0.1, 0.15) is 6.92 Å². The first-order valence-corrected chi connectivity index (χ1v) is 12.0. The molecule has 9 heteroatoms. The summed E-state index contributed by atoms with van der Waals surface area (Å²) in [6, 6.07) is 20.6. The molecule has 4 rings (SSSR count). The fraction of sp³-hybridized carbons (Fsp3) is 0.462. The second kappa shape index (κ2) is 15.8. The monoisotopic (exact) mass is 490 g/mol. The van der Waals surface area contributed by atoms with Crippen molar-refractivity contribution in [1.29, 1.82) is 0 Å². The molecule has 2 fully saturated rings. The largest absolute Gasteiger partial charge is 1.00 e. The van der Waals surface area contributed by atoms with Crippen LogP contribution in [0.2, 0.25) is 0 Å². The van der Waals surface area contributed by atoms with E-state index in [9.17, 15) is 14.7 Å². The summed E-state index contributed by atoms with van der Waals surface area (Å²) < 4.78 is 4.96. The van der Waals surface area contributed by atoms with Gasteiger partial charge in [-0.3, -0.25) is 14.6 Å². The van der Waals surface area contributed by atoms with Crippen LogP contribution in [-0.4, -0.2) is 93.8 Å². The Hall–Kier alpha value is -2.10. The van der Waals surface area contributed by atoms with Crippen LogP contribution in [0.15, 0.2) is 60.7 Å². The number of esters is 1. The van der Waals surface area contributed by atoms with E-state index >= 15 is 0 Å². The van der Waals surface area contributed by atoms with Crippen molar-refractivity contribution in [3.63, 3.8) is 0 Å². The molecule has 0 bridgehead atoms. The van der Waals surface area contributed by atoms with Gasteiger partial charge in [-0.25, -0.2) is 0 Å². The van der Waals surface area contributed by atoms with Gasteiger partial charge in [0.1, 0.15) is 0 Å². The molecule has 2 heterocycles. The number of anilines is 2. The van der Waals surface area contributed by atoms with Gasteiger partial charge >= 0.3 is 35.5 Å². The molecule has 0 saturated carbocycles. The predicted octanol–water partition coefficient (Wildman–Crippen LogP) is -2.07. The molecule has 2 aromatic rings. The van der Waals surface area contributed by atoms with Crippen LogP contribution in [0.5, 0.6) is 0 Å². The van der Waals surface area contributed by atoms with Gasteiger partial charge < -0.3 is 24.4 Å². The number of ether oxygens (including phenoxy) is 1. The Morgan fingerprint density at radius 1 is 0.714 bits per heavy atom. The molecule has 0 radical (unpaired) electrons. The van der Waals surface area contributed by atoms with E-state index in [1.165, 1.54) is 11.4 Å². The molecule has 2 saturated heterocycles. The van der Waals surface area contributed by atoms with E-state index in [0.29, 0.717) is 13.2 Å². The average molecular weight is 491 g/mol. The van der Waals surface area contributed by atoms with E-state index in [0.717, 1.165) is 52.4 Å². The van der Waals surface area contributed by atoms with E-state index in [-0.39, 0.29) is 42.1 Å². The van der Waals surface area contributed by atoms with Crippen molar-refractivity contribution < 1.29 is 49.0 Å². The number of para-hydroxylation sites is 2. The third-order valence-electron chi connectivity index (χ3n) is 6.00. The Balaban J connectivity index is 0.000000241. The molecular formula is C26H35N4NaO4. The Morgan fingerprint density at radius 3 is 1.49 bits per heavy atom. The van der Waals surface area contributed by atoms with Crippen molar-refractivity contribution in [2.45, 2.75) is 6.92 Å². The zero-order valence-electron chi connectivity index (χ0n) is 21.0. The normalized spacial score (nSPS) is 16.5. The first-order chi connectivity index (χ1) is 16.5. The summed E-state index contributed by atoms with van der Waals surface area (Å²) in [6.45, 7) is 9.81. The van der Waals surface area contributed by atoms with Gasteiger partial charge in [-0.1, -0.05) is 36.4 Å². The minimum absolute atomic E-state index is 0. The maximum absolute atomic E-state index is 11.4. The minimum Gasteiger partial charge on any atom is -0.549 e. The second-order valence-corrected chi connectivity index (χ2v) is 8.37. The van der Waals surface area contributed by atoms with E-state index in [2.05, 4.69) is 51.1 Å². The first kappa shape index (κ1) is 29.1. The van der Waals surface area contributed by atoms with E-state index in [1.807, 2.05) is 36.1 Å². The van der Waals surface area contributed by atoms with Gasteiger partial charge in [0.05, 0.1) is 19.1 Å². The number of hydrogen-bond donors (Lipinski definition) is 0. The molecule has 2 aliphatic rings. The van der Waals surface area contributed by atoms with Crippen LogP contribution in [0.25, 0.3) is 0 Å². The molecule has 0 spiro atoms. The SMILES string of the molecule is CCOC(=O)CN1CCN(c2ccccc2)CC1.O=C([O-])CN1CCN(c2ccccc2)CC1.[Na+]. The first-order valence-electron chi connectivity index (χ1n) is 12.0. The topological polar surface area (TPSA) is 79.4 Å². The summed E-state index contributed by atoms with van der Waals surface area (Å²) in [5.74, 6) is -1.11. The maximum atomic E-state index is 11.4. The van der Waals surface area contributed by atoms with Crippen LogP contribution < -0.4 is 44.5 Å². The zero-order chi connectivity index (χ0) is 24.2. The molecule has 0 amide bonds. The van der Waals surface area contributed by atoms with Gasteiger partial charge in [0, 0.05) is 70.3 Å². The minimum atomic E-state index is -0.992. The number of hydrogen-bond acceptors (Lipinski definition) is 8. The number of nitrogens with zero attached hydrogens (tertiary/aromatic N) is 4. The third kappa shape index (κ3) is 10.2. The Kier molecular flexibility index (Phi) is 13.2. The molecule has 2 aliphatic heterocycles. The van der Waals surface area contributed by atoms with Crippen molar-refractivity contribution in [3.8, 4) is 0 Å². The van der Waals surface area contributed by atoms with Crippen LogP contribution in [-0.2, 0) is 14.3 Å². The van der Waals surface area contributed by atoms with Crippen molar-refractivity contribution in [2.24, 2.45) is 0 Å². The molecule has 0 unspecified atom stereocenters. The van der Waals surface area contributed by atoms with Crippen molar-refractivity contribution in [1.82, 2.24) is 9.80 Å². The summed E-state index contributed by atoms with van der Waals surface area (Å²) in [4.78, 5) is 30.5. The number of rotatable bonds is 7. The van der Waals surface area contributed by atoms with Gasteiger partial charge in [0.15, 0.2) is 0 Å². The average Bonchev–Trinajstić information content (AvgIpc) is 2.86. The fourth-order valence-corrected chi connectivity index (χ4v) is 4.18. The van der Waals surface area contributed by atoms with Crippen LogP contribution >= 0.6 is 0 Å². The molecule has 2 aromatic carbocycles. The van der Waals surface area contributed by atoms with Gasteiger partial charge in [-0.05, 0) is 31.2 Å². The van der Waals surface area contributed by atoms with E-state index in [1.54, 1.807) is 0 Å². The standard InChI is InChI=1S/C14H20N2O2.C12H16N2O2.Na/c1-2-18-14(17)12-15-8-10-16(11-9-15)13-6-4-3-5-7-13;15-12(16)10-13-6-8-14(9-7-13)11-4-2-1-3-5-11;/h3-7H,2,8-12H2,1H3;1-5H,6-10H2,(H,15,16);/q;;+1/p-1. The molecular weight excluding hydrogens is 455 g/mol. The smallest absolute Gasteiger partial charge is 0.549 e. The molecule has 0 N–H and O–H groups in total. The molecule has 35 heavy (non-hydrogen) atoms. The quantitative estimate of drug-likeness (QED) is 0.324. The maximum Gasteiger partial charge on any atom is 1.00 e. The number of piperazine rings is 2. The fourth-order valence-electron chi connectivity index (χ4n) is 4.18. The summed E-state index contributed by atoms with van der Waals surface area (Å²) in [7, 11) is 0. The Bertz CT molecular complexity index is 871. The number of carboxylic acids is 1. The number of aliphatic carboxylic acids is 1. The van der Waals surface area contributed by atoms with Crippen LogP contribution in [0, 0.1) is 0 Å². The molecule has 0 aliphatic carbocycles. The third-order valence-corrected chi connectivity index (χ3v) is 6.00. The van der Waals surface area contributed by atoms with Gasteiger partial charge in [-0.15, -0.1) is 0 Å². The van der Waals surface area contributed by atoms with Gasteiger partial charge in [0.2, 0.25) is 0 Å². The van der Waals surface area contributed by atoms with Crippen molar-refractivity contribution in [3.05, 3.63) is 60.7 Å². The number of carbonyl (C=O) groups excluding carboxylic acids is 2. The molecule has 8 nitrogen and oxygen atoms in total. The summed E-state index contributed by atoms with van der Waals surface area (Å²) in [5.41, 5.74) is 2.46. The van der Waals surface area contributed by atoms with Crippen molar-refractivity contribution in [2.75, 3.05) is 81.9 Å². The Labute approximate surface area is 230 Å². The molecule has 0 atom stereocenters. The summed E-state index contributed by atoms with van der Waals surface area (Å²) in [6.07, 6.45) is 0. The van der Waals surface area contributed by atoms with E-state index < -0.39 is 5.97 Å². The van der Waals surface area contributed by atoms with Gasteiger partial charge in [0.25, 0.3) is 0 Å². The number of carbonyl (C=O) groups is 2. The number of benzene rings is 2. The molecule has 184 valence electrons. The predicted molar refractivity (Wildman–Crippen MR) is 132 cm³/mol. The van der Waals surface area contributed by atoms with Crippen LogP contribution in [0.3, 0.4) is 0 Å². The second-order valence-electron chi connectivity index (χ2n) is 8.37. The van der Waals surface area contributed by atoms with Gasteiger partial charge in [-0.2, -0.15) is 0 Å². The van der Waals surface area contributed by atoms with Crippen molar-refractivity contribution >= 4 is 23.3 Å². The number of carboxylic acid groups (broad SMARTS) is 1.